The van der Waals surface area contributed by atoms with Gasteiger partial charge in [-0.15, -0.1) is 24.8 Å². The lowest BCUT2D eigenvalue weighted by atomic mass is 10.0. The molecule has 9 nitrogen and oxygen atoms in total. The van der Waals surface area contributed by atoms with E-state index in [4.69, 9.17) is 0 Å². The van der Waals surface area contributed by atoms with E-state index in [1.807, 2.05) is 54.9 Å². The van der Waals surface area contributed by atoms with Gasteiger partial charge in [0.1, 0.15) is 6.54 Å². The lowest BCUT2D eigenvalue weighted by molar-refractivity contribution is -0.151. The van der Waals surface area contributed by atoms with Crippen LogP contribution in [0, 0.1) is 6.92 Å². The molecule has 0 saturated carbocycles. The maximum absolute atomic E-state index is 13.3. The number of likely N-dealkylation sites (N-methyl/N-ethyl adjacent to an activating group) is 2. The number of hydrogen-bond donors (Lipinski definition) is 2. The fourth-order valence-electron chi connectivity index (χ4n) is 4.91. The fraction of sp³-hybridized carbons (Fsp3) is 0.464. The van der Waals surface area contributed by atoms with Gasteiger partial charge in [-0.3, -0.25) is 19.4 Å². The highest BCUT2D eigenvalue weighted by molar-refractivity contribution is 5.99. The molecule has 39 heavy (non-hydrogen) atoms. The highest BCUT2D eigenvalue weighted by Gasteiger charge is 2.28. The number of nitrogens with zero attached hydrogens (tertiary/aromatic N) is 4. The molecule has 2 aromatic carbocycles. The van der Waals surface area contributed by atoms with E-state index in [9.17, 15) is 14.4 Å². The molecule has 0 bridgehead atoms. The summed E-state index contributed by atoms with van der Waals surface area (Å²) in [6.45, 7) is 10.5. The normalized spacial score (nSPS) is 13.7. The third kappa shape index (κ3) is 7.42. The molecule has 0 aliphatic carbocycles. The molecule has 0 saturated heterocycles. The minimum Gasteiger partial charge on any atom is -0.376 e. The molecule has 11 heteroatoms. The van der Waals surface area contributed by atoms with Gasteiger partial charge in [-0.1, -0.05) is 37.3 Å². The van der Waals surface area contributed by atoms with Gasteiger partial charge in [-0.2, -0.15) is 0 Å². The predicted molar refractivity (Wildman–Crippen MR) is 158 cm³/mol. The van der Waals surface area contributed by atoms with Crippen molar-refractivity contribution in [2.75, 3.05) is 51.6 Å². The molecule has 4 rings (SSSR count). The van der Waals surface area contributed by atoms with E-state index < -0.39 is 0 Å². The molecule has 214 valence electrons. The molecule has 0 atom stereocenters. The Kier molecular flexibility index (Phi) is 12.0. The van der Waals surface area contributed by atoms with Gasteiger partial charge in [0, 0.05) is 57.6 Å². The summed E-state index contributed by atoms with van der Waals surface area (Å²) in [6.07, 6.45) is 0. The number of halogens is 2. The number of benzene rings is 2. The van der Waals surface area contributed by atoms with E-state index in [1.165, 1.54) is 11.1 Å². The predicted octanol–water partition coefficient (Wildman–Crippen LogP) is 3.05. The van der Waals surface area contributed by atoms with Crippen LogP contribution < -0.4 is 10.6 Å². The zero-order valence-corrected chi connectivity index (χ0v) is 24.8. The summed E-state index contributed by atoms with van der Waals surface area (Å²) < 4.78 is 0. The van der Waals surface area contributed by atoms with Gasteiger partial charge in [-0.05, 0) is 48.7 Å². The van der Waals surface area contributed by atoms with Crippen LogP contribution in [0.3, 0.4) is 0 Å². The molecule has 0 unspecified atom stereocenters. The van der Waals surface area contributed by atoms with Gasteiger partial charge in [0.15, 0.2) is 0 Å². The third-order valence-electron chi connectivity index (χ3n) is 7.24. The van der Waals surface area contributed by atoms with Crippen LogP contribution in [0.5, 0.6) is 0 Å². The average Bonchev–Trinajstić information content (AvgIpc) is 3.46. The molecule has 0 fully saturated rings. The lowest BCUT2D eigenvalue weighted by Gasteiger charge is -2.31. The number of rotatable bonds is 11. The summed E-state index contributed by atoms with van der Waals surface area (Å²) in [4.78, 5) is 42.5. The van der Waals surface area contributed by atoms with Crippen LogP contribution in [-0.4, -0.2) is 83.9 Å². The maximum Gasteiger partial charge on any atom is 0.256 e. The third-order valence-corrected chi connectivity index (χ3v) is 7.24. The molecular formula is C28H40Cl2N6O3. The van der Waals surface area contributed by atoms with Gasteiger partial charge >= 0.3 is 0 Å². The van der Waals surface area contributed by atoms with Crippen molar-refractivity contribution < 1.29 is 14.4 Å². The van der Waals surface area contributed by atoms with Crippen molar-refractivity contribution in [1.82, 2.24) is 25.1 Å². The second-order valence-corrected chi connectivity index (χ2v) is 9.67. The zero-order chi connectivity index (χ0) is 26.5. The molecule has 2 aliphatic rings. The van der Waals surface area contributed by atoms with Crippen LogP contribution in [0.25, 0.3) is 0 Å². The molecule has 2 aliphatic heterocycles. The van der Waals surface area contributed by atoms with Crippen molar-refractivity contribution in [3.63, 3.8) is 0 Å². The molecule has 0 aromatic heterocycles. The first kappa shape index (κ1) is 32.4. The minimum atomic E-state index is -0.161. The Bertz CT molecular complexity index is 1150. The quantitative estimate of drug-likeness (QED) is 0.398. The van der Waals surface area contributed by atoms with Crippen molar-refractivity contribution in [1.29, 1.82) is 0 Å². The summed E-state index contributed by atoms with van der Waals surface area (Å²) in [5.74, 6) is -0.265. The Balaban J connectivity index is 0.00000267. The van der Waals surface area contributed by atoms with Crippen LogP contribution in [0.15, 0.2) is 36.4 Å². The van der Waals surface area contributed by atoms with E-state index >= 15 is 0 Å². The van der Waals surface area contributed by atoms with E-state index in [1.54, 1.807) is 17.0 Å². The Morgan fingerprint density at radius 2 is 1.64 bits per heavy atom. The molecular weight excluding hydrogens is 539 g/mol. The largest absolute Gasteiger partial charge is 0.376 e. The molecule has 3 amide bonds. The first-order valence-electron chi connectivity index (χ1n) is 13.1. The van der Waals surface area contributed by atoms with Crippen molar-refractivity contribution in [2.45, 2.75) is 40.4 Å². The number of hydrogen-bond acceptors (Lipinski definition) is 6. The van der Waals surface area contributed by atoms with E-state index in [0.29, 0.717) is 44.8 Å². The Labute approximate surface area is 243 Å². The van der Waals surface area contributed by atoms with Crippen molar-refractivity contribution >= 4 is 48.2 Å². The van der Waals surface area contributed by atoms with Crippen LogP contribution in [0.1, 0.15) is 46.5 Å². The maximum atomic E-state index is 13.3. The summed E-state index contributed by atoms with van der Waals surface area (Å²) in [5.41, 5.74) is 5.90. The Morgan fingerprint density at radius 3 is 2.26 bits per heavy atom. The molecule has 2 N–H and O–H groups in total. The number of aryl methyl sites for hydroxylation is 1. The summed E-state index contributed by atoms with van der Waals surface area (Å²) >= 11 is 0. The van der Waals surface area contributed by atoms with Crippen LogP contribution in [0.2, 0.25) is 0 Å². The average molecular weight is 580 g/mol. The molecule has 2 aromatic rings. The lowest BCUT2D eigenvalue weighted by Crippen LogP contribution is -2.49. The Morgan fingerprint density at radius 1 is 0.974 bits per heavy atom. The molecule has 2 heterocycles. The van der Waals surface area contributed by atoms with Gasteiger partial charge in [0.2, 0.25) is 5.91 Å². The van der Waals surface area contributed by atoms with E-state index in [-0.39, 0.29) is 55.6 Å². The van der Waals surface area contributed by atoms with Crippen molar-refractivity contribution in [3.05, 3.63) is 64.2 Å². The smallest absolute Gasteiger partial charge is 0.256 e. The van der Waals surface area contributed by atoms with E-state index in [2.05, 4.69) is 22.8 Å². The van der Waals surface area contributed by atoms with Crippen LogP contribution in [0.4, 0.5) is 5.69 Å². The number of anilines is 1. The SMILES string of the molecule is CCNCCN(CC(=O)N(C)N1Cc2ccccc2C1)C(=O)CNc1cc2c(cc1C)CN(CC)C2=O.Cl.Cl. The van der Waals surface area contributed by atoms with Gasteiger partial charge in [0.25, 0.3) is 11.8 Å². The topological polar surface area (TPSA) is 88.2 Å². The van der Waals surface area contributed by atoms with Gasteiger partial charge in [0.05, 0.1) is 6.54 Å². The molecule has 0 radical (unpaired) electrons. The van der Waals surface area contributed by atoms with E-state index in [0.717, 1.165) is 23.4 Å². The number of carbonyl (C=O) groups is 3. The minimum absolute atomic E-state index is 0. The highest BCUT2D eigenvalue weighted by atomic mass is 35.5. The first-order valence-corrected chi connectivity index (χ1v) is 13.1. The zero-order valence-electron chi connectivity index (χ0n) is 23.2. The van der Waals surface area contributed by atoms with Crippen LogP contribution in [-0.2, 0) is 29.2 Å². The summed E-state index contributed by atoms with van der Waals surface area (Å²) in [6, 6.07) is 12.1. The number of fused-ring (bicyclic) bond motifs is 2. The second kappa shape index (κ2) is 14.5. The van der Waals surface area contributed by atoms with Crippen LogP contribution >= 0.6 is 24.8 Å². The highest BCUT2D eigenvalue weighted by Crippen LogP contribution is 2.28. The summed E-state index contributed by atoms with van der Waals surface area (Å²) in [7, 11) is 1.77. The van der Waals surface area contributed by atoms with Gasteiger partial charge < -0.3 is 20.4 Å². The van der Waals surface area contributed by atoms with Crippen molar-refractivity contribution in [2.24, 2.45) is 0 Å². The number of amides is 3. The number of nitrogens with one attached hydrogen (secondary N) is 2. The first-order chi connectivity index (χ1) is 17.8. The van der Waals surface area contributed by atoms with Crippen molar-refractivity contribution in [3.8, 4) is 0 Å². The second-order valence-electron chi connectivity index (χ2n) is 9.67. The summed E-state index contributed by atoms with van der Waals surface area (Å²) in [5, 5.41) is 10.1. The fourth-order valence-corrected chi connectivity index (χ4v) is 4.91. The molecule has 0 spiro atoms. The standard InChI is InChI=1S/C28H38N6O3.2ClH/c1-5-29-11-12-33(19-27(36)31(4)34-17-21-9-7-8-10-22(21)18-34)26(35)15-30-25-14-24-23(13-20(25)3)16-32(6-2)28(24)37;;/h7-10,13-14,29-30H,5-6,11-12,15-19H2,1-4H3;2*1H. The monoisotopic (exact) mass is 578 g/mol. The Hall–Kier alpha value is -2.85. The number of carbonyl (C=O) groups excluding carboxylic acids is 3. The number of hydrazine groups is 1. The van der Waals surface area contributed by atoms with Gasteiger partial charge in [-0.25, -0.2) is 5.01 Å².